The van der Waals surface area contributed by atoms with Crippen molar-refractivity contribution in [2.24, 2.45) is 5.92 Å². The van der Waals surface area contributed by atoms with Gasteiger partial charge in [0.2, 0.25) is 14.1 Å². The monoisotopic (exact) mass is 866 g/mol. The molecule has 0 saturated heterocycles. The molecule has 55 heavy (non-hydrogen) atoms. The van der Waals surface area contributed by atoms with Gasteiger partial charge in [-0.15, -0.1) is 11.3 Å². The lowest BCUT2D eigenvalue weighted by atomic mass is 10.0. The molecular formula is C41H64Cl2N4O4S2Si2. The maximum Gasteiger partial charge on any atom is 0.208 e. The molecular weight excluding hydrogens is 804 g/mol. The molecule has 0 amide bonds. The minimum Gasteiger partial charge on any atom is -0.416 e. The van der Waals surface area contributed by atoms with Crippen molar-refractivity contribution in [3.63, 3.8) is 0 Å². The number of ketones is 1. The normalized spacial score (nSPS) is 19.7. The zero-order chi connectivity index (χ0) is 41.3. The summed E-state index contributed by atoms with van der Waals surface area (Å²) in [6.07, 6.45) is 4.69. The van der Waals surface area contributed by atoms with E-state index in [2.05, 4.69) is 95.4 Å². The number of aromatic nitrogens is 2. The molecule has 0 radical (unpaired) electrons. The third-order valence-electron chi connectivity index (χ3n) is 11.7. The summed E-state index contributed by atoms with van der Waals surface area (Å²) in [5, 5.41) is 4.31. The van der Waals surface area contributed by atoms with E-state index in [-0.39, 0.29) is 28.9 Å². The Morgan fingerprint density at radius 1 is 1.00 bits per heavy atom. The van der Waals surface area contributed by atoms with Crippen molar-refractivity contribution in [2.75, 3.05) is 11.9 Å². The molecule has 1 aliphatic rings. The number of nitrogens with one attached hydrogen (secondary N) is 2. The van der Waals surface area contributed by atoms with E-state index in [1.165, 1.54) is 17.7 Å². The van der Waals surface area contributed by atoms with Gasteiger partial charge in [0, 0.05) is 35.3 Å². The lowest BCUT2D eigenvalue weighted by molar-refractivity contribution is 0.0971. The molecule has 1 unspecified atom stereocenters. The Bertz CT molecular complexity index is 1790. The predicted octanol–water partition coefficient (Wildman–Crippen LogP) is 12.0. The molecule has 2 heterocycles. The van der Waals surface area contributed by atoms with Crippen LogP contribution in [0.4, 0.5) is 5.82 Å². The fourth-order valence-electron chi connectivity index (χ4n) is 7.64. The average molecular weight is 868 g/mol. The van der Waals surface area contributed by atoms with Crippen molar-refractivity contribution in [1.29, 1.82) is 0 Å². The molecule has 1 saturated carbocycles. The third kappa shape index (κ3) is 10.8. The highest BCUT2D eigenvalue weighted by atomic mass is 35.5. The van der Waals surface area contributed by atoms with Crippen molar-refractivity contribution < 1.29 is 17.9 Å². The van der Waals surface area contributed by atoms with E-state index in [0.717, 1.165) is 18.4 Å². The molecule has 14 heteroatoms. The summed E-state index contributed by atoms with van der Waals surface area (Å²) >= 11 is 14.5. The van der Waals surface area contributed by atoms with Crippen LogP contribution in [0.3, 0.4) is 0 Å². The Hall–Kier alpha value is -1.49. The number of carbonyl (C=O) groups is 1. The van der Waals surface area contributed by atoms with Crippen LogP contribution in [0.2, 0.25) is 44.1 Å². The Labute approximate surface area is 349 Å². The Balaban J connectivity index is 1.66. The minimum absolute atomic E-state index is 0.0175. The van der Waals surface area contributed by atoms with Gasteiger partial charge in [-0.1, -0.05) is 97.6 Å². The molecule has 0 bridgehead atoms. The van der Waals surface area contributed by atoms with Crippen LogP contribution in [0.1, 0.15) is 128 Å². The molecule has 8 nitrogen and oxygen atoms in total. The highest BCUT2D eigenvalue weighted by molar-refractivity contribution is 7.84. The number of hydrogen-bond donors (Lipinski definition) is 2. The van der Waals surface area contributed by atoms with Crippen LogP contribution in [0.25, 0.3) is 0 Å². The van der Waals surface area contributed by atoms with Crippen LogP contribution < -0.4 is 10.0 Å². The number of hydrogen-bond acceptors (Lipinski definition) is 8. The number of benzene rings is 1. The van der Waals surface area contributed by atoms with Gasteiger partial charge < -0.3 is 14.2 Å². The highest BCUT2D eigenvalue weighted by Gasteiger charge is 2.50. The van der Waals surface area contributed by atoms with Crippen molar-refractivity contribution >= 4 is 73.8 Å². The molecule has 1 aromatic carbocycles. The number of anilines is 1. The summed E-state index contributed by atoms with van der Waals surface area (Å²) in [6, 6.07) is 8.60. The average Bonchev–Trinajstić information content (AvgIpc) is 3.65. The lowest BCUT2D eigenvalue weighted by Gasteiger charge is -2.45. The molecule has 3 aromatic rings. The smallest absolute Gasteiger partial charge is 0.208 e. The number of rotatable bonds is 16. The maximum atomic E-state index is 14.3. The Morgan fingerprint density at radius 3 is 2.20 bits per heavy atom. The van der Waals surface area contributed by atoms with E-state index in [1.54, 1.807) is 18.3 Å². The number of thiophene rings is 1. The molecule has 1 fully saturated rings. The zero-order valence-corrected chi connectivity index (χ0v) is 40.4. The number of nitrogens with zero attached hydrogens (tertiary/aromatic N) is 2. The third-order valence-corrected chi connectivity index (χ3v) is 25.5. The van der Waals surface area contributed by atoms with Crippen LogP contribution in [0, 0.1) is 5.92 Å². The molecule has 2 N–H and O–H groups in total. The molecule has 306 valence electrons. The van der Waals surface area contributed by atoms with E-state index in [1.807, 2.05) is 39.0 Å². The maximum absolute atomic E-state index is 14.3. The van der Waals surface area contributed by atoms with Gasteiger partial charge >= 0.3 is 0 Å². The van der Waals surface area contributed by atoms with Crippen molar-refractivity contribution in [1.82, 2.24) is 14.7 Å². The van der Waals surface area contributed by atoms with Gasteiger partial charge in [-0.3, -0.25) is 4.79 Å². The van der Waals surface area contributed by atoms with Crippen LogP contribution in [0.5, 0.6) is 0 Å². The van der Waals surface area contributed by atoms with Crippen molar-refractivity contribution in [3.8, 4) is 0 Å². The van der Waals surface area contributed by atoms with Gasteiger partial charge in [0.05, 0.1) is 42.7 Å². The second kappa shape index (κ2) is 18.2. The van der Waals surface area contributed by atoms with Gasteiger partial charge in [0.15, 0.2) is 8.32 Å². The second-order valence-electron chi connectivity index (χ2n) is 18.6. The first kappa shape index (κ1) is 46.2. The highest BCUT2D eigenvalue weighted by Crippen LogP contribution is 2.47. The fraction of sp³-hybridized carbons (Fsp3) is 0.634. The first-order chi connectivity index (χ1) is 25.4. The first-order valence-corrected chi connectivity index (χ1v) is 27.3. The summed E-state index contributed by atoms with van der Waals surface area (Å²) in [6.45, 7) is 31.8. The zero-order valence-electron chi connectivity index (χ0n) is 35.3. The van der Waals surface area contributed by atoms with Crippen molar-refractivity contribution in [3.05, 3.63) is 73.8 Å². The molecule has 5 atom stereocenters. The molecule has 2 aromatic heterocycles. The van der Waals surface area contributed by atoms with E-state index in [9.17, 15) is 9.00 Å². The van der Waals surface area contributed by atoms with Gasteiger partial charge in [-0.05, 0) is 92.1 Å². The summed E-state index contributed by atoms with van der Waals surface area (Å²) in [7, 11) is -5.64. The summed E-state index contributed by atoms with van der Waals surface area (Å²) in [5.41, 5.74) is 3.17. The van der Waals surface area contributed by atoms with Crippen LogP contribution in [-0.4, -0.2) is 60.1 Å². The van der Waals surface area contributed by atoms with Crippen LogP contribution in [0.15, 0.2) is 42.9 Å². The molecule has 0 aliphatic heterocycles. The van der Waals surface area contributed by atoms with Gasteiger partial charge in [0.25, 0.3) is 0 Å². The quantitative estimate of drug-likeness (QED) is 0.109. The van der Waals surface area contributed by atoms with Gasteiger partial charge in [0.1, 0.15) is 12.1 Å². The van der Waals surface area contributed by atoms with Crippen molar-refractivity contribution in [2.45, 2.75) is 154 Å². The molecule has 4 rings (SSSR count). The topological polar surface area (TPSA) is 102 Å². The van der Waals surface area contributed by atoms with E-state index in [0.29, 0.717) is 54.4 Å². The standard InChI is InChI=1S/C41H64Cl2N4O4S2Si2/c1-25(2)55(26(3)4,27(5)6)51-34-20-31(19-29(34)23-50-54(13,14)41(10,11)12)46-39-33(22-44-24-45-39)37(48)35-21-32(38(43)52-35)36(47-53(49)40(7,8)9)28-16-15-17-30(42)18-28/h15-18,21-22,24-27,29,31,34,36,47H,19-20,23H2,1-14H3,(H,44,45,46)/t29-,31-,34+,36+,53?/m1/s1. The lowest BCUT2D eigenvalue weighted by Crippen LogP contribution is -2.51. The fourth-order valence-corrected chi connectivity index (χ4v) is 16.6. The van der Waals surface area contributed by atoms with E-state index >= 15 is 0 Å². The Kier molecular flexibility index (Phi) is 15.3. The molecule has 0 spiro atoms. The Morgan fingerprint density at radius 2 is 1.64 bits per heavy atom. The van der Waals surface area contributed by atoms with E-state index in [4.69, 9.17) is 32.1 Å². The van der Waals surface area contributed by atoms with Gasteiger partial charge in [-0.2, -0.15) is 0 Å². The predicted molar refractivity (Wildman–Crippen MR) is 238 cm³/mol. The van der Waals surface area contributed by atoms with Crippen LogP contribution >= 0.6 is 34.5 Å². The number of halogens is 2. The first-order valence-electron chi connectivity index (χ1n) is 19.5. The molecule has 1 aliphatic carbocycles. The second-order valence-corrected chi connectivity index (χ2v) is 32.9. The largest absolute Gasteiger partial charge is 0.416 e. The number of carbonyl (C=O) groups excluding carboxylic acids is 1. The minimum atomic E-state index is -2.20. The summed E-state index contributed by atoms with van der Waals surface area (Å²) < 4.78 is 30.8. The van der Waals surface area contributed by atoms with Crippen LogP contribution in [-0.2, 0) is 19.8 Å². The summed E-state index contributed by atoms with van der Waals surface area (Å²) in [5.74, 6) is 0.445. The SMILES string of the molecule is CC(C)[Si](O[C@H]1C[C@H](Nc2ncncc2C(=O)c2cc([C@@H](NS(=O)C(C)(C)C)c3cccc(Cl)c3)c(Cl)s2)C[C@@H]1CO[Si](C)(C)C(C)(C)C)(C(C)C)C(C)C. The van der Waals surface area contributed by atoms with Gasteiger partial charge in [-0.25, -0.2) is 18.9 Å². The summed E-state index contributed by atoms with van der Waals surface area (Å²) in [4.78, 5) is 23.7. The van der Waals surface area contributed by atoms with E-state index < -0.39 is 38.4 Å².